The van der Waals surface area contributed by atoms with Crippen LogP contribution in [0.4, 0.5) is 24.7 Å². The summed E-state index contributed by atoms with van der Waals surface area (Å²) in [5.74, 6) is -0.559. The molecule has 3 heterocycles. The van der Waals surface area contributed by atoms with Gasteiger partial charge in [-0.3, -0.25) is 9.42 Å². The van der Waals surface area contributed by atoms with E-state index in [2.05, 4.69) is 25.1 Å². The summed E-state index contributed by atoms with van der Waals surface area (Å²) in [4.78, 5) is 23.3. The third-order valence-electron chi connectivity index (χ3n) is 7.32. The Morgan fingerprint density at radius 1 is 1.02 bits per heavy atom. The maximum Gasteiger partial charge on any atom is 0.418 e. The van der Waals surface area contributed by atoms with Crippen molar-refractivity contribution in [1.29, 1.82) is 0 Å². The minimum atomic E-state index is -4.58. The number of thioether (sulfide) groups is 1. The van der Waals surface area contributed by atoms with Crippen molar-refractivity contribution in [1.82, 2.24) is 20.0 Å². The zero-order valence-electron chi connectivity index (χ0n) is 24.3. The molecule has 244 valence electrons. The highest BCUT2D eigenvalue weighted by Gasteiger charge is 2.38. The Morgan fingerprint density at radius 3 is 2.45 bits per heavy atom. The molecule has 0 atom stereocenters. The number of aromatic nitrogens is 4. The van der Waals surface area contributed by atoms with E-state index < -0.39 is 38.6 Å². The van der Waals surface area contributed by atoms with Gasteiger partial charge in [0.1, 0.15) is 11.9 Å². The molecule has 0 aliphatic carbocycles. The molecular formula is C30H25F3N6O6S2. The van der Waals surface area contributed by atoms with Gasteiger partial charge >= 0.3 is 17.1 Å². The van der Waals surface area contributed by atoms with Crippen molar-refractivity contribution in [2.75, 3.05) is 24.2 Å². The molecule has 47 heavy (non-hydrogen) atoms. The second-order valence-corrected chi connectivity index (χ2v) is 13.2. The van der Waals surface area contributed by atoms with Gasteiger partial charge in [0, 0.05) is 31.3 Å². The third kappa shape index (κ3) is 6.95. The molecule has 1 aliphatic heterocycles. The first-order chi connectivity index (χ1) is 22.5. The number of carbonyl (C=O) groups is 1. The Balaban J connectivity index is 1.10. The van der Waals surface area contributed by atoms with E-state index in [-0.39, 0.29) is 51.2 Å². The average molecular weight is 687 g/mol. The number of hydrogen-bond acceptors (Lipinski definition) is 11. The minimum absolute atomic E-state index is 0.0403. The van der Waals surface area contributed by atoms with E-state index in [0.29, 0.717) is 23.7 Å². The van der Waals surface area contributed by atoms with Gasteiger partial charge in [-0.1, -0.05) is 54.2 Å². The van der Waals surface area contributed by atoms with E-state index in [1.807, 2.05) is 0 Å². The lowest BCUT2D eigenvalue weighted by Crippen LogP contribution is -2.42. The first kappa shape index (κ1) is 32.1. The number of carbonyl (C=O) groups excluding carboxylic acids is 1. The fourth-order valence-electron chi connectivity index (χ4n) is 5.01. The van der Waals surface area contributed by atoms with Crippen LogP contribution in [0.5, 0.6) is 5.88 Å². The number of ether oxygens (including phenoxy) is 1. The fourth-order valence-corrected chi connectivity index (χ4v) is 7.04. The number of likely N-dealkylation sites (tertiary alicyclic amines) is 1. The first-order valence-corrected chi connectivity index (χ1v) is 16.6. The molecule has 2 aromatic heterocycles. The highest BCUT2D eigenvalue weighted by molar-refractivity contribution is 7.99. The largest absolute Gasteiger partial charge is 0.451 e. The maximum absolute atomic E-state index is 13.6. The molecule has 1 amide bonds. The number of para-hydroxylation sites is 2. The summed E-state index contributed by atoms with van der Waals surface area (Å²) in [6, 6.07) is 19.3. The molecule has 0 unspecified atom stereocenters. The highest BCUT2D eigenvalue weighted by atomic mass is 32.2. The maximum atomic E-state index is 13.6. The van der Waals surface area contributed by atoms with Crippen LogP contribution < -0.4 is 15.0 Å². The van der Waals surface area contributed by atoms with Gasteiger partial charge in [-0.2, -0.15) is 13.2 Å². The summed E-state index contributed by atoms with van der Waals surface area (Å²) in [6.07, 6.45) is -4.47. The number of benzene rings is 3. The van der Waals surface area contributed by atoms with Gasteiger partial charge in [0.2, 0.25) is 5.91 Å². The molecule has 6 rings (SSSR count). The molecule has 0 spiro atoms. The first-order valence-electron chi connectivity index (χ1n) is 14.2. The van der Waals surface area contributed by atoms with E-state index in [0.717, 1.165) is 17.8 Å². The zero-order valence-corrected chi connectivity index (χ0v) is 25.9. The predicted molar refractivity (Wildman–Crippen MR) is 163 cm³/mol. The minimum Gasteiger partial charge on any atom is -0.451 e. The SMILES string of the molecule is O=C(CSc1nc(Nc2ccccc2C(F)(F)F)c2ccccc2n1)N1CCC(Oc2no[n+]([O-])c2S(=O)(=O)c2ccccc2)CC1. The van der Waals surface area contributed by atoms with Crippen LogP contribution in [-0.2, 0) is 20.8 Å². The number of anilines is 2. The van der Waals surface area contributed by atoms with Crippen LogP contribution in [0.25, 0.3) is 10.9 Å². The molecule has 17 heteroatoms. The van der Waals surface area contributed by atoms with E-state index in [9.17, 15) is 31.6 Å². The van der Waals surface area contributed by atoms with Crippen molar-refractivity contribution in [2.24, 2.45) is 0 Å². The molecule has 1 N–H and O–H groups in total. The van der Waals surface area contributed by atoms with E-state index in [4.69, 9.17) is 4.74 Å². The lowest BCUT2D eigenvalue weighted by Gasteiger charge is -2.31. The van der Waals surface area contributed by atoms with Gasteiger partial charge in [-0.05, 0) is 41.3 Å². The van der Waals surface area contributed by atoms with E-state index in [1.54, 1.807) is 35.2 Å². The summed E-state index contributed by atoms with van der Waals surface area (Å²) in [6.45, 7) is 0.555. The molecule has 5 aromatic rings. The molecule has 0 radical (unpaired) electrons. The standard InChI is InChI=1S/C30H25F3N6O6S2/c31-30(32,33)22-11-5-7-13-24(22)34-26-21-10-4-6-12-23(21)35-29(36-26)46-18-25(40)38-16-14-19(15-17-38)44-27-28(39(41)45-37-27)47(42,43)20-8-2-1-3-9-20/h1-13,19H,14-18H2,(H,34,35,36). The lowest BCUT2D eigenvalue weighted by atomic mass is 10.1. The number of sulfone groups is 1. The quantitative estimate of drug-likeness (QED) is 0.126. The van der Waals surface area contributed by atoms with Crippen molar-refractivity contribution < 1.29 is 40.7 Å². The summed E-state index contributed by atoms with van der Waals surface area (Å²) in [7, 11) is -4.27. The molecule has 1 aliphatic rings. The zero-order chi connectivity index (χ0) is 33.2. The van der Waals surface area contributed by atoms with Crippen LogP contribution in [0.1, 0.15) is 18.4 Å². The smallest absolute Gasteiger partial charge is 0.418 e. The second-order valence-electron chi connectivity index (χ2n) is 10.4. The number of hydrogen-bond donors (Lipinski definition) is 1. The molecule has 3 aromatic carbocycles. The van der Waals surface area contributed by atoms with Gasteiger partial charge in [0.25, 0.3) is 9.84 Å². The molecule has 0 saturated carbocycles. The van der Waals surface area contributed by atoms with Gasteiger partial charge in [0.05, 0.1) is 32.6 Å². The van der Waals surface area contributed by atoms with Crippen LogP contribution in [0, 0.1) is 5.21 Å². The van der Waals surface area contributed by atoms with Crippen molar-refractivity contribution in [3.63, 3.8) is 0 Å². The Kier molecular flexibility index (Phi) is 8.92. The molecular weight excluding hydrogens is 661 g/mol. The Labute approximate surface area is 270 Å². The summed E-state index contributed by atoms with van der Waals surface area (Å²) >= 11 is 1.05. The summed E-state index contributed by atoms with van der Waals surface area (Å²) in [5.41, 5.74) is -0.519. The predicted octanol–water partition coefficient (Wildman–Crippen LogP) is 5.01. The second kappa shape index (κ2) is 13.1. The number of nitrogens with zero attached hydrogens (tertiary/aromatic N) is 5. The average Bonchev–Trinajstić information content (AvgIpc) is 3.44. The van der Waals surface area contributed by atoms with Gasteiger partial charge in [0.15, 0.2) is 5.16 Å². The van der Waals surface area contributed by atoms with Crippen molar-refractivity contribution in [3.05, 3.63) is 89.6 Å². The summed E-state index contributed by atoms with van der Waals surface area (Å²) < 4.78 is 77.2. The fraction of sp³-hybridized carbons (Fsp3) is 0.233. The number of rotatable bonds is 9. The van der Waals surface area contributed by atoms with Crippen LogP contribution in [0.15, 0.2) is 98.6 Å². The highest BCUT2D eigenvalue weighted by Crippen LogP contribution is 2.37. The number of nitrogens with one attached hydrogen (secondary N) is 1. The number of alkyl halides is 3. The Hall–Kier alpha value is -4.90. The lowest BCUT2D eigenvalue weighted by molar-refractivity contribution is -0.832. The number of fused-ring (bicyclic) bond motifs is 1. The van der Waals surface area contributed by atoms with Crippen LogP contribution in [0.3, 0.4) is 0 Å². The number of halogens is 3. The molecule has 1 saturated heterocycles. The van der Waals surface area contributed by atoms with Crippen LogP contribution in [0.2, 0.25) is 0 Å². The number of amides is 1. The molecule has 12 nitrogen and oxygen atoms in total. The van der Waals surface area contributed by atoms with E-state index >= 15 is 0 Å². The van der Waals surface area contributed by atoms with E-state index in [1.165, 1.54) is 42.5 Å². The van der Waals surface area contributed by atoms with Crippen molar-refractivity contribution in [2.45, 2.75) is 40.2 Å². The molecule has 1 fully saturated rings. The van der Waals surface area contributed by atoms with Gasteiger partial charge < -0.3 is 20.2 Å². The number of piperidine rings is 1. The molecule has 0 bridgehead atoms. The third-order valence-corrected chi connectivity index (χ3v) is 9.88. The monoisotopic (exact) mass is 686 g/mol. The Bertz CT molecular complexity index is 2020. The van der Waals surface area contributed by atoms with Crippen LogP contribution in [-0.4, -0.2) is 59.3 Å². The van der Waals surface area contributed by atoms with Crippen molar-refractivity contribution >= 4 is 49.9 Å². The summed E-state index contributed by atoms with van der Waals surface area (Å²) in [5, 5.41) is 18.4. The van der Waals surface area contributed by atoms with Gasteiger partial charge in [-0.15, -0.1) is 0 Å². The Morgan fingerprint density at radius 2 is 1.70 bits per heavy atom. The van der Waals surface area contributed by atoms with Crippen LogP contribution >= 0.6 is 11.8 Å². The van der Waals surface area contributed by atoms with Crippen molar-refractivity contribution in [3.8, 4) is 5.88 Å². The van der Waals surface area contributed by atoms with Gasteiger partial charge in [-0.25, -0.2) is 18.4 Å². The topological polar surface area (TPSA) is 154 Å². The normalized spacial score (nSPS) is 14.3.